The largest absolute Gasteiger partial charge is 0.231 e. The van der Waals surface area contributed by atoms with E-state index in [2.05, 4.69) is 0 Å². The van der Waals surface area contributed by atoms with Crippen LogP contribution in [0.2, 0.25) is 10.0 Å². The van der Waals surface area contributed by atoms with Crippen LogP contribution in [0.4, 0.5) is 0 Å². The maximum Gasteiger partial charge on any atom is 0.110 e. The fraction of sp³-hybridized carbons (Fsp3) is 0.143. The minimum atomic E-state index is -0.363. The monoisotopic (exact) mass is 175 g/mol. The van der Waals surface area contributed by atoms with Crippen molar-refractivity contribution in [3.63, 3.8) is 0 Å². The van der Waals surface area contributed by atoms with Crippen molar-refractivity contribution in [3.05, 3.63) is 33.8 Å². The van der Waals surface area contributed by atoms with Crippen LogP contribution in [0.1, 0.15) is 5.56 Å². The molecule has 1 rings (SSSR count). The lowest BCUT2D eigenvalue weighted by atomic mass is 10.2. The van der Waals surface area contributed by atoms with E-state index in [0.717, 1.165) is 0 Å². The molecule has 0 N–H and O–H groups in total. The van der Waals surface area contributed by atoms with Gasteiger partial charge in [-0.2, -0.15) is 0 Å². The van der Waals surface area contributed by atoms with Crippen LogP contribution in [0.25, 0.3) is 0 Å². The summed E-state index contributed by atoms with van der Waals surface area (Å²) in [4.78, 5) is 0. The molecule has 0 spiro atoms. The number of benzene rings is 1. The molecule has 1 aromatic rings. The zero-order valence-corrected chi connectivity index (χ0v) is 6.62. The summed E-state index contributed by atoms with van der Waals surface area (Å²) in [6, 6.07) is 5.02. The van der Waals surface area contributed by atoms with Gasteiger partial charge in [0.1, 0.15) is 6.61 Å². The Bertz CT molecular complexity index is 215. The first-order valence-corrected chi connectivity index (χ1v) is 3.52. The SMILES string of the molecule is [O]Cc1c(Cl)cccc1Cl. The van der Waals surface area contributed by atoms with E-state index in [1.807, 2.05) is 0 Å². The van der Waals surface area contributed by atoms with Gasteiger partial charge in [0.25, 0.3) is 0 Å². The lowest BCUT2D eigenvalue weighted by Crippen LogP contribution is -1.83. The molecule has 0 saturated heterocycles. The summed E-state index contributed by atoms with van der Waals surface area (Å²) in [5, 5.41) is 11.3. The first kappa shape index (κ1) is 7.86. The highest BCUT2D eigenvalue weighted by molar-refractivity contribution is 6.35. The fourth-order valence-corrected chi connectivity index (χ4v) is 1.18. The van der Waals surface area contributed by atoms with Gasteiger partial charge < -0.3 is 0 Å². The summed E-state index contributed by atoms with van der Waals surface area (Å²) < 4.78 is 0. The van der Waals surface area contributed by atoms with E-state index >= 15 is 0 Å². The van der Waals surface area contributed by atoms with Gasteiger partial charge in [-0.15, -0.1) is 0 Å². The molecular formula is C7H5Cl2O. The van der Waals surface area contributed by atoms with E-state index in [4.69, 9.17) is 23.2 Å². The highest BCUT2D eigenvalue weighted by Gasteiger charge is 2.02. The van der Waals surface area contributed by atoms with Gasteiger partial charge in [0.2, 0.25) is 0 Å². The quantitative estimate of drug-likeness (QED) is 0.626. The molecule has 0 bridgehead atoms. The van der Waals surface area contributed by atoms with Crippen LogP contribution in [0.5, 0.6) is 0 Å². The topological polar surface area (TPSA) is 19.9 Å². The average molecular weight is 176 g/mol. The standard InChI is InChI=1S/C7H5Cl2O/c8-6-2-1-3-7(9)5(6)4-10/h1-3H,4H2. The van der Waals surface area contributed by atoms with Crippen LogP contribution in [-0.4, -0.2) is 0 Å². The van der Waals surface area contributed by atoms with Crippen molar-refractivity contribution in [3.8, 4) is 0 Å². The minimum Gasteiger partial charge on any atom is -0.231 e. The zero-order chi connectivity index (χ0) is 7.56. The Hall–Kier alpha value is -0.240. The molecular weight excluding hydrogens is 171 g/mol. The minimum absolute atomic E-state index is 0.363. The molecule has 0 atom stereocenters. The molecule has 1 nitrogen and oxygen atoms in total. The first-order valence-electron chi connectivity index (χ1n) is 2.76. The van der Waals surface area contributed by atoms with Crippen molar-refractivity contribution < 1.29 is 5.11 Å². The smallest absolute Gasteiger partial charge is 0.110 e. The van der Waals surface area contributed by atoms with E-state index in [1.165, 1.54) is 0 Å². The number of halogens is 2. The van der Waals surface area contributed by atoms with Crippen LogP contribution < -0.4 is 0 Å². The molecule has 0 aromatic heterocycles. The lowest BCUT2D eigenvalue weighted by Gasteiger charge is -1.99. The van der Waals surface area contributed by atoms with Crippen molar-refractivity contribution in [2.45, 2.75) is 6.61 Å². The lowest BCUT2D eigenvalue weighted by molar-refractivity contribution is 0.178. The second kappa shape index (κ2) is 3.24. The Balaban J connectivity index is 3.17. The Morgan fingerprint density at radius 3 is 2.00 bits per heavy atom. The third-order valence-corrected chi connectivity index (χ3v) is 1.91. The third-order valence-electron chi connectivity index (χ3n) is 1.21. The number of rotatable bonds is 1. The Kier molecular flexibility index (Phi) is 2.55. The van der Waals surface area contributed by atoms with Crippen molar-refractivity contribution in [1.29, 1.82) is 0 Å². The van der Waals surface area contributed by atoms with Gasteiger partial charge in [0.05, 0.1) is 0 Å². The summed E-state index contributed by atoms with van der Waals surface area (Å²) in [5.41, 5.74) is 0.478. The number of hydrogen-bond acceptors (Lipinski definition) is 0. The van der Waals surface area contributed by atoms with Crippen LogP contribution in [0, 0.1) is 0 Å². The third kappa shape index (κ3) is 1.43. The van der Waals surface area contributed by atoms with Gasteiger partial charge in [0.15, 0.2) is 0 Å². The molecule has 0 saturated carbocycles. The van der Waals surface area contributed by atoms with Gasteiger partial charge in [-0.05, 0) is 12.1 Å². The molecule has 0 amide bonds. The van der Waals surface area contributed by atoms with E-state index in [-0.39, 0.29) is 6.61 Å². The molecule has 0 aliphatic carbocycles. The summed E-state index contributed by atoms with van der Waals surface area (Å²) in [6.45, 7) is -0.363. The second-order valence-electron chi connectivity index (χ2n) is 1.84. The van der Waals surface area contributed by atoms with Crippen molar-refractivity contribution in [1.82, 2.24) is 0 Å². The maximum atomic E-state index is 10.4. The van der Waals surface area contributed by atoms with Crippen molar-refractivity contribution in [2.24, 2.45) is 0 Å². The van der Waals surface area contributed by atoms with E-state index in [9.17, 15) is 5.11 Å². The summed E-state index contributed by atoms with van der Waals surface area (Å²) in [6.07, 6.45) is 0. The molecule has 0 fully saturated rings. The maximum absolute atomic E-state index is 10.4. The summed E-state index contributed by atoms with van der Waals surface area (Å²) in [7, 11) is 0. The average Bonchev–Trinajstić information content (AvgIpc) is 1.88. The van der Waals surface area contributed by atoms with E-state index in [0.29, 0.717) is 15.6 Å². The number of hydrogen-bond donors (Lipinski definition) is 0. The van der Waals surface area contributed by atoms with Gasteiger partial charge in [-0.3, -0.25) is 0 Å². The zero-order valence-electron chi connectivity index (χ0n) is 5.10. The highest BCUT2D eigenvalue weighted by Crippen LogP contribution is 2.23. The Morgan fingerprint density at radius 2 is 1.70 bits per heavy atom. The fourth-order valence-electron chi connectivity index (χ4n) is 0.670. The predicted molar refractivity (Wildman–Crippen MR) is 40.9 cm³/mol. The van der Waals surface area contributed by atoms with Gasteiger partial charge >= 0.3 is 0 Å². The Morgan fingerprint density at radius 1 is 1.20 bits per heavy atom. The Labute approximate surface area is 69.2 Å². The van der Waals surface area contributed by atoms with Crippen LogP contribution in [0.3, 0.4) is 0 Å². The van der Waals surface area contributed by atoms with Gasteiger partial charge in [-0.1, -0.05) is 29.3 Å². The van der Waals surface area contributed by atoms with Crippen LogP contribution in [-0.2, 0) is 11.7 Å². The molecule has 1 aromatic carbocycles. The van der Waals surface area contributed by atoms with Crippen molar-refractivity contribution in [2.75, 3.05) is 0 Å². The second-order valence-corrected chi connectivity index (χ2v) is 2.66. The van der Waals surface area contributed by atoms with Crippen molar-refractivity contribution >= 4 is 23.2 Å². The predicted octanol–water partition coefficient (Wildman–Crippen LogP) is 2.92. The summed E-state index contributed by atoms with van der Waals surface area (Å²) in [5.74, 6) is 0. The highest BCUT2D eigenvalue weighted by atomic mass is 35.5. The normalized spacial score (nSPS) is 9.90. The molecule has 53 valence electrons. The molecule has 0 heterocycles. The molecule has 1 radical (unpaired) electrons. The van der Waals surface area contributed by atoms with E-state index < -0.39 is 0 Å². The molecule has 10 heavy (non-hydrogen) atoms. The van der Waals surface area contributed by atoms with Gasteiger partial charge in [-0.25, -0.2) is 5.11 Å². The van der Waals surface area contributed by atoms with E-state index in [1.54, 1.807) is 18.2 Å². The molecule has 0 aliphatic heterocycles. The van der Waals surface area contributed by atoms with Crippen LogP contribution in [0.15, 0.2) is 18.2 Å². The molecule has 3 heteroatoms. The molecule has 0 unspecified atom stereocenters. The van der Waals surface area contributed by atoms with Gasteiger partial charge in [0, 0.05) is 15.6 Å². The molecule has 0 aliphatic rings. The van der Waals surface area contributed by atoms with Crippen LogP contribution >= 0.6 is 23.2 Å². The summed E-state index contributed by atoms with van der Waals surface area (Å²) >= 11 is 11.3. The first-order chi connectivity index (χ1) is 4.75.